The SMILES string of the molecule is CCCNCC(C)S(=O)(=O)N1CCOC(C)(C)C1. The van der Waals surface area contributed by atoms with Gasteiger partial charge in [0.25, 0.3) is 0 Å². The van der Waals surface area contributed by atoms with Crippen LogP contribution in [0.1, 0.15) is 34.1 Å². The molecule has 0 spiro atoms. The fourth-order valence-electron chi connectivity index (χ4n) is 2.03. The molecule has 18 heavy (non-hydrogen) atoms. The summed E-state index contributed by atoms with van der Waals surface area (Å²) >= 11 is 0. The summed E-state index contributed by atoms with van der Waals surface area (Å²) in [5.41, 5.74) is -0.387. The van der Waals surface area contributed by atoms with Gasteiger partial charge in [0.2, 0.25) is 10.0 Å². The van der Waals surface area contributed by atoms with Gasteiger partial charge >= 0.3 is 0 Å². The van der Waals surface area contributed by atoms with E-state index in [2.05, 4.69) is 12.2 Å². The first-order chi connectivity index (χ1) is 8.29. The van der Waals surface area contributed by atoms with E-state index in [0.717, 1.165) is 13.0 Å². The van der Waals surface area contributed by atoms with E-state index >= 15 is 0 Å². The van der Waals surface area contributed by atoms with Crippen LogP contribution in [-0.4, -0.2) is 56.4 Å². The molecule has 1 N–H and O–H groups in total. The Labute approximate surface area is 111 Å². The molecule has 0 aromatic heterocycles. The lowest BCUT2D eigenvalue weighted by atomic mass is 10.1. The standard InChI is InChI=1S/C12H26N2O3S/c1-5-6-13-9-11(2)18(15,16)14-7-8-17-12(3,4)10-14/h11,13H,5-10H2,1-4H3. The van der Waals surface area contributed by atoms with Crippen molar-refractivity contribution in [3.63, 3.8) is 0 Å². The van der Waals surface area contributed by atoms with Gasteiger partial charge in [-0.1, -0.05) is 6.92 Å². The second-order valence-corrected chi connectivity index (χ2v) is 7.85. The number of nitrogens with one attached hydrogen (secondary N) is 1. The van der Waals surface area contributed by atoms with Crippen molar-refractivity contribution in [1.29, 1.82) is 0 Å². The van der Waals surface area contributed by atoms with Crippen molar-refractivity contribution >= 4 is 10.0 Å². The molecule has 1 saturated heterocycles. The molecule has 1 aliphatic rings. The van der Waals surface area contributed by atoms with Crippen LogP contribution in [0.25, 0.3) is 0 Å². The summed E-state index contributed by atoms with van der Waals surface area (Å²) in [6, 6.07) is 0. The Balaban J connectivity index is 2.62. The van der Waals surface area contributed by atoms with Gasteiger partial charge in [0.1, 0.15) is 0 Å². The number of hydrogen-bond donors (Lipinski definition) is 1. The molecular weight excluding hydrogens is 252 g/mol. The molecule has 0 aromatic rings. The van der Waals surface area contributed by atoms with E-state index in [4.69, 9.17) is 4.74 Å². The third-order valence-corrected chi connectivity index (χ3v) is 5.33. The van der Waals surface area contributed by atoms with Crippen LogP contribution in [0.5, 0.6) is 0 Å². The van der Waals surface area contributed by atoms with E-state index in [-0.39, 0.29) is 5.60 Å². The van der Waals surface area contributed by atoms with E-state index < -0.39 is 15.3 Å². The van der Waals surface area contributed by atoms with E-state index in [1.807, 2.05) is 13.8 Å². The average Bonchev–Trinajstić information content (AvgIpc) is 2.27. The molecular formula is C12H26N2O3S. The first-order valence-corrected chi connectivity index (χ1v) is 8.13. The number of hydrogen-bond acceptors (Lipinski definition) is 4. The highest BCUT2D eigenvalue weighted by atomic mass is 32.2. The normalized spacial score (nSPS) is 22.9. The number of ether oxygens (including phenoxy) is 1. The lowest BCUT2D eigenvalue weighted by molar-refractivity contribution is -0.0642. The molecule has 1 rings (SSSR count). The quantitative estimate of drug-likeness (QED) is 0.731. The molecule has 0 aromatic carbocycles. The summed E-state index contributed by atoms with van der Waals surface area (Å²) in [6.07, 6.45) is 1.01. The summed E-state index contributed by atoms with van der Waals surface area (Å²) in [4.78, 5) is 0. The van der Waals surface area contributed by atoms with Gasteiger partial charge in [0.15, 0.2) is 0 Å². The molecule has 0 radical (unpaired) electrons. The molecule has 1 aliphatic heterocycles. The van der Waals surface area contributed by atoms with Crippen LogP contribution in [0.3, 0.4) is 0 Å². The van der Waals surface area contributed by atoms with E-state index in [9.17, 15) is 8.42 Å². The summed E-state index contributed by atoms with van der Waals surface area (Å²) in [5, 5.41) is 2.77. The van der Waals surface area contributed by atoms with Crippen LogP contribution in [0.4, 0.5) is 0 Å². The van der Waals surface area contributed by atoms with E-state index in [0.29, 0.717) is 26.2 Å². The molecule has 0 bridgehead atoms. The van der Waals surface area contributed by atoms with Gasteiger partial charge in [-0.2, -0.15) is 4.31 Å². The zero-order valence-electron chi connectivity index (χ0n) is 11.9. The third kappa shape index (κ3) is 4.19. The summed E-state index contributed by atoms with van der Waals surface area (Å²) in [5.74, 6) is 0. The minimum absolute atomic E-state index is 0.387. The second kappa shape index (κ2) is 6.32. The Morgan fingerprint density at radius 3 is 2.67 bits per heavy atom. The van der Waals surface area contributed by atoms with Crippen LogP contribution < -0.4 is 5.32 Å². The van der Waals surface area contributed by atoms with Crippen LogP contribution >= 0.6 is 0 Å². The summed E-state index contributed by atoms with van der Waals surface area (Å²) in [6.45, 7) is 10.4. The summed E-state index contributed by atoms with van der Waals surface area (Å²) in [7, 11) is -3.22. The lowest BCUT2D eigenvalue weighted by Gasteiger charge is -2.38. The number of sulfonamides is 1. The van der Waals surface area contributed by atoms with Crippen molar-refractivity contribution in [2.24, 2.45) is 0 Å². The van der Waals surface area contributed by atoms with Gasteiger partial charge in [0.05, 0.1) is 17.5 Å². The third-order valence-electron chi connectivity index (χ3n) is 3.12. The largest absolute Gasteiger partial charge is 0.373 e. The van der Waals surface area contributed by atoms with Crippen LogP contribution in [-0.2, 0) is 14.8 Å². The summed E-state index contributed by atoms with van der Waals surface area (Å²) < 4.78 is 31.9. The van der Waals surface area contributed by atoms with Crippen LogP contribution in [0.2, 0.25) is 0 Å². The van der Waals surface area contributed by atoms with Crippen molar-refractivity contribution in [1.82, 2.24) is 9.62 Å². The highest BCUT2D eigenvalue weighted by Gasteiger charge is 2.36. The fraction of sp³-hybridized carbons (Fsp3) is 1.00. The number of nitrogens with zero attached hydrogens (tertiary/aromatic N) is 1. The van der Waals surface area contributed by atoms with Gasteiger partial charge < -0.3 is 10.1 Å². The van der Waals surface area contributed by atoms with Gasteiger partial charge in [-0.25, -0.2) is 8.42 Å². The van der Waals surface area contributed by atoms with Gasteiger partial charge in [0, 0.05) is 19.6 Å². The van der Waals surface area contributed by atoms with E-state index in [1.165, 1.54) is 0 Å². The Hall–Kier alpha value is -0.170. The number of rotatable bonds is 6. The fourth-order valence-corrected chi connectivity index (χ4v) is 3.69. The first kappa shape index (κ1) is 15.9. The van der Waals surface area contributed by atoms with E-state index in [1.54, 1.807) is 11.2 Å². The van der Waals surface area contributed by atoms with Crippen molar-refractivity contribution in [2.75, 3.05) is 32.8 Å². The van der Waals surface area contributed by atoms with Crippen molar-refractivity contribution < 1.29 is 13.2 Å². The molecule has 0 aliphatic carbocycles. The second-order valence-electron chi connectivity index (χ2n) is 5.50. The topological polar surface area (TPSA) is 58.6 Å². The molecule has 5 nitrogen and oxygen atoms in total. The minimum atomic E-state index is -3.22. The zero-order chi connectivity index (χ0) is 13.8. The predicted octanol–water partition coefficient (Wildman–Crippen LogP) is 0.815. The molecule has 1 unspecified atom stereocenters. The molecule has 108 valence electrons. The molecule has 1 atom stereocenters. The van der Waals surface area contributed by atoms with Crippen molar-refractivity contribution in [3.8, 4) is 0 Å². The minimum Gasteiger partial charge on any atom is -0.373 e. The van der Waals surface area contributed by atoms with Crippen molar-refractivity contribution in [2.45, 2.75) is 45.0 Å². The Kier molecular flexibility index (Phi) is 5.58. The molecule has 1 heterocycles. The van der Waals surface area contributed by atoms with Gasteiger partial charge in [-0.3, -0.25) is 0 Å². The highest BCUT2D eigenvalue weighted by Crippen LogP contribution is 2.20. The zero-order valence-corrected chi connectivity index (χ0v) is 12.7. The Morgan fingerprint density at radius 2 is 2.11 bits per heavy atom. The van der Waals surface area contributed by atoms with Crippen molar-refractivity contribution in [3.05, 3.63) is 0 Å². The van der Waals surface area contributed by atoms with Gasteiger partial charge in [-0.05, 0) is 33.7 Å². The molecule has 0 saturated carbocycles. The Bertz CT molecular complexity index is 354. The maximum atomic E-state index is 12.4. The Morgan fingerprint density at radius 1 is 1.44 bits per heavy atom. The first-order valence-electron chi connectivity index (χ1n) is 6.63. The van der Waals surface area contributed by atoms with Crippen LogP contribution in [0, 0.1) is 0 Å². The monoisotopic (exact) mass is 278 g/mol. The van der Waals surface area contributed by atoms with Crippen LogP contribution in [0.15, 0.2) is 0 Å². The lowest BCUT2D eigenvalue weighted by Crippen LogP contribution is -2.53. The molecule has 1 fully saturated rings. The maximum absolute atomic E-state index is 12.4. The molecule has 0 amide bonds. The average molecular weight is 278 g/mol. The predicted molar refractivity (Wildman–Crippen MR) is 73.1 cm³/mol. The number of morpholine rings is 1. The highest BCUT2D eigenvalue weighted by molar-refractivity contribution is 7.89. The molecule has 6 heteroatoms. The smallest absolute Gasteiger partial charge is 0.218 e. The van der Waals surface area contributed by atoms with Gasteiger partial charge in [-0.15, -0.1) is 0 Å². The maximum Gasteiger partial charge on any atom is 0.218 e.